The predicted octanol–water partition coefficient (Wildman–Crippen LogP) is 3.25. The van der Waals surface area contributed by atoms with Crippen molar-refractivity contribution in [1.82, 2.24) is 20.4 Å². The minimum Gasteiger partial charge on any atom is -0.445 e. The molecule has 0 radical (unpaired) electrons. The molecule has 0 saturated heterocycles. The van der Waals surface area contributed by atoms with Crippen LogP contribution in [0.4, 0.5) is 4.79 Å². The summed E-state index contributed by atoms with van der Waals surface area (Å²) >= 11 is 1.39. The minimum atomic E-state index is -0.793. The number of hydrogen-bond acceptors (Lipinski definition) is 8. The number of aromatic nitrogens is 2. The average Bonchev–Trinajstić information content (AvgIpc) is 3.14. The Kier molecular flexibility index (Phi) is 9.14. The summed E-state index contributed by atoms with van der Waals surface area (Å²) in [5, 5.41) is 10.7. The molecular weight excluding hydrogens is 392 g/mol. The summed E-state index contributed by atoms with van der Waals surface area (Å²) in [6, 6.07) is 8.55. The SMILES string of the molecule is CC(C)CC(NC(=O)OCc1ccccc1)C(=O)c1nnc(SCCN(C)C)o1. The molecule has 29 heavy (non-hydrogen) atoms. The first-order chi connectivity index (χ1) is 13.8. The molecule has 0 bridgehead atoms. The molecule has 1 heterocycles. The van der Waals surface area contributed by atoms with Crippen molar-refractivity contribution >= 4 is 23.6 Å². The van der Waals surface area contributed by atoms with E-state index in [-0.39, 0.29) is 18.4 Å². The van der Waals surface area contributed by atoms with Crippen molar-refractivity contribution in [2.75, 3.05) is 26.4 Å². The first kappa shape index (κ1) is 22.9. The number of ether oxygens (including phenoxy) is 1. The molecule has 1 atom stereocenters. The molecule has 0 saturated carbocycles. The smallest absolute Gasteiger partial charge is 0.408 e. The maximum absolute atomic E-state index is 12.8. The molecule has 0 spiro atoms. The van der Waals surface area contributed by atoms with Crippen molar-refractivity contribution in [3.05, 3.63) is 41.8 Å². The molecule has 1 aromatic heterocycles. The standard InChI is InChI=1S/C20H28N4O4S/c1-14(2)12-16(21-19(26)27-13-15-8-6-5-7-9-15)17(25)18-22-23-20(28-18)29-11-10-24(3)4/h5-9,14,16H,10-13H2,1-4H3,(H,21,26). The molecule has 1 amide bonds. The van der Waals surface area contributed by atoms with Gasteiger partial charge in [-0.2, -0.15) is 0 Å². The minimum absolute atomic E-state index is 0.105. The van der Waals surface area contributed by atoms with Crippen molar-refractivity contribution < 1.29 is 18.7 Å². The van der Waals surface area contributed by atoms with Gasteiger partial charge in [0.15, 0.2) is 0 Å². The first-order valence-corrected chi connectivity index (χ1v) is 10.5. The van der Waals surface area contributed by atoms with Gasteiger partial charge in [0.2, 0.25) is 5.78 Å². The highest BCUT2D eigenvalue weighted by atomic mass is 32.2. The molecule has 8 nitrogen and oxygen atoms in total. The van der Waals surface area contributed by atoms with Crippen LogP contribution in [0, 0.1) is 5.92 Å². The van der Waals surface area contributed by atoms with Crippen LogP contribution in [0.5, 0.6) is 0 Å². The quantitative estimate of drug-likeness (QED) is 0.437. The summed E-state index contributed by atoms with van der Waals surface area (Å²) in [6.07, 6.45) is -0.224. The van der Waals surface area contributed by atoms with E-state index in [0.717, 1.165) is 17.9 Å². The van der Waals surface area contributed by atoms with E-state index >= 15 is 0 Å². The molecular formula is C20H28N4O4S. The number of benzene rings is 1. The number of rotatable bonds is 11. The Morgan fingerprint density at radius 1 is 1.21 bits per heavy atom. The van der Waals surface area contributed by atoms with Crippen LogP contribution in [0.25, 0.3) is 0 Å². The van der Waals surface area contributed by atoms with E-state index < -0.39 is 17.9 Å². The Bertz CT molecular complexity index is 780. The van der Waals surface area contributed by atoms with Gasteiger partial charge in [-0.25, -0.2) is 4.79 Å². The van der Waals surface area contributed by atoms with Gasteiger partial charge in [-0.3, -0.25) is 4.79 Å². The third-order valence-corrected chi connectivity index (χ3v) is 4.71. The van der Waals surface area contributed by atoms with Crippen molar-refractivity contribution in [3.63, 3.8) is 0 Å². The Hall–Kier alpha value is -2.39. The second-order valence-corrected chi connectivity index (χ2v) is 8.32. The zero-order valence-electron chi connectivity index (χ0n) is 17.3. The lowest BCUT2D eigenvalue weighted by Gasteiger charge is -2.17. The van der Waals surface area contributed by atoms with Crippen LogP contribution in [0.1, 0.15) is 36.5 Å². The second-order valence-electron chi connectivity index (χ2n) is 7.28. The summed E-state index contributed by atoms with van der Waals surface area (Å²) < 4.78 is 10.7. The molecule has 0 aliphatic rings. The molecule has 1 N–H and O–H groups in total. The number of carbonyl (C=O) groups excluding carboxylic acids is 2. The Balaban J connectivity index is 1.94. The van der Waals surface area contributed by atoms with E-state index in [0.29, 0.717) is 11.6 Å². The van der Waals surface area contributed by atoms with Gasteiger partial charge in [0, 0.05) is 12.3 Å². The highest BCUT2D eigenvalue weighted by Gasteiger charge is 2.28. The van der Waals surface area contributed by atoms with Gasteiger partial charge < -0.3 is 19.4 Å². The Morgan fingerprint density at radius 2 is 1.93 bits per heavy atom. The van der Waals surface area contributed by atoms with Crippen molar-refractivity contribution in [2.24, 2.45) is 5.92 Å². The molecule has 2 aromatic rings. The average molecular weight is 421 g/mol. The summed E-state index contributed by atoms with van der Waals surface area (Å²) in [6.45, 7) is 4.91. The van der Waals surface area contributed by atoms with E-state index in [1.807, 2.05) is 63.2 Å². The lowest BCUT2D eigenvalue weighted by atomic mass is 10.0. The van der Waals surface area contributed by atoms with Crippen LogP contribution in [-0.2, 0) is 11.3 Å². The largest absolute Gasteiger partial charge is 0.445 e. The monoisotopic (exact) mass is 420 g/mol. The summed E-state index contributed by atoms with van der Waals surface area (Å²) in [5.74, 6) is 0.423. The van der Waals surface area contributed by atoms with Gasteiger partial charge >= 0.3 is 6.09 Å². The highest BCUT2D eigenvalue weighted by molar-refractivity contribution is 7.99. The normalized spacial score (nSPS) is 12.2. The van der Waals surface area contributed by atoms with Gasteiger partial charge in [-0.1, -0.05) is 55.9 Å². The maximum atomic E-state index is 12.8. The second kappa shape index (κ2) is 11.6. The van der Waals surface area contributed by atoms with Crippen LogP contribution in [0.2, 0.25) is 0 Å². The third kappa shape index (κ3) is 8.25. The molecule has 0 aliphatic carbocycles. The van der Waals surface area contributed by atoms with Crippen LogP contribution >= 0.6 is 11.8 Å². The number of nitrogens with one attached hydrogen (secondary N) is 1. The van der Waals surface area contributed by atoms with E-state index in [1.54, 1.807) is 0 Å². The zero-order valence-corrected chi connectivity index (χ0v) is 18.1. The van der Waals surface area contributed by atoms with Gasteiger partial charge in [0.05, 0.1) is 0 Å². The fraction of sp³-hybridized carbons (Fsp3) is 0.500. The molecule has 2 rings (SSSR count). The Labute approximate surface area is 175 Å². The van der Waals surface area contributed by atoms with Crippen LogP contribution in [0.3, 0.4) is 0 Å². The fourth-order valence-corrected chi connectivity index (χ4v) is 3.31. The predicted molar refractivity (Wildman–Crippen MR) is 111 cm³/mol. The van der Waals surface area contributed by atoms with Gasteiger partial charge in [0.1, 0.15) is 12.6 Å². The number of amides is 1. The lowest BCUT2D eigenvalue weighted by Crippen LogP contribution is -2.42. The van der Waals surface area contributed by atoms with Crippen LogP contribution < -0.4 is 5.32 Å². The molecule has 0 aliphatic heterocycles. The maximum Gasteiger partial charge on any atom is 0.408 e. The summed E-state index contributed by atoms with van der Waals surface area (Å²) in [4.78, 5) is 27.0. The Morgan fingerprint density at radius 3 is 2.59 bits per heavy atom. The summed E-state index contributed by atoms with van der Waals surface area (Å²) in [7, 11) is 3.95. The van der Waals surface area contributed by atoms with Crippen LogP contribution in [0.15, 0.2) is 40.0 Å². The van der Waals surface area contributed by atoms with Crippen molar-refractivity contribution in [2.45, 2.75) is 38.1 Å². The first-order valence-electron chi connectivity index (χ1n) is 9.47. The third-order valence-electron chi connectivity index (χ3n) is 3.91. The molecule has 9 heteroatoms. The molecule has 1 aromatic carbocycles. The lowest BCUT2D eigenvalue weighted by molar-refractivity contribution is 0.0864. The van der Waals surface area contributed by atoms with Gasteiger partial charge in [-0.05, 0) is 32.0 Å². The topological polar surface area (TPSA) is 97.6 Å². The highest BCUT2D eigenvalue weighted by Crippen LogP contribution is 2.18. The molecule has 1 unspecified atom stereocenters. The fourth-order valence-electron chi connectivity index (χ4n) is 2.44. The number of ketones is 1. The molecule has 158 valence electrons. The number of hydrogen-bond donors (Lipinski definition) is 1. The number of Topliss-reactive ketones (excluding diaryl/α,β-unsaturated/α-hetero) is 1. The van der Waals surface area contributed by atoms with E-state index in [2.05, 4.69) is 15.5 Å². The number of alkyl carbamates (subject to hydrolysis) is 1. The van der Waals surface area contributed by atoms with Crippen molar-refractivity contribution in [3.8, 4) is 0 Å². The van der Waals surface area contributed by atoms with Crippen LogP contribution in [-0.4, -0.2) is 59.4 Å². The molecule has 0 fully saturated rings. The number of nitrogens with zero attached hydrogens (tertiary/aromatic N) is 3. The number of carbonyl (C=O) groups is 2. The van der Waals surface area contributed by atoms with E-state index in [1.165, 1.54) is 11.8 Å². The van der Waals surface area contributed by atoms with Crippen molar-refractivity contribution in [1.29, 1.82) is 0 Å². The van der Waals surface area contributed by atoms with Gasteiger partial charge in [0.25, 0.3) is 11.1 Å². The number of thioether (sulfide) groups is 1. The van der Waals surface area contributed by atoms with E-state index in [9.17, 15) is 9.59 Å². The summed E-state index contributed by atoms with van der Waals surface area (Å²) in [5.41, 5.74) is 0.866. The van der Waals surface area contributed by atoms with E-state index in [4.69, 9.17) is 9.15 Å². The van der Waals surface area contributed by atoms with Gasteiger partial charge in [-0.15, -0.1) is 10.2 Å². The zero-order chi connectivity index (χ0) is 21.2.